The molecule has 9 nitrogen and oxygen atoms in total. The molecule has 0 aliphatic rings. The van der Waals surface area contributed by atoms with Gasteiger partial charge in [-0.1, -0.05) is 28.9 Å². The first-order chi connectivity index (χ1) is 15.5. The maximum Gasteiger partial charge on any atom is 0.278 e. The molecule has 3 aromatic rings. The van der Waals surface area contributed by atoms with Gasteiger partial charge in [0.2, 0.25) is 6.41 Å². The lowest BCUT2D eigenvalue weighted by Gasteiger charge is -2.18. The molecule has 2 amide bonds. The van der Waals surface area contributed by atoms with Crippen molar-refractivity contribution < 1.29 is 14.0 Å². The molecule has 0 aliphatic heterocycles. The molecule has 2 aromatic heterocycles. The maximum atomic E-state index is 14.7. The van der Waals surface area contributed by atoms with Gasteiger partial charge >= 0.3 is 0 Å². The number of hydrogen-bond donors (Lipinski definition) is 1. The molecular formula is C21H20ClFN6O3. The van der Waals surface area contributed by atoms with Gasteiger partial charge in [-0.05, 0) is 30.7 Å². The van der Waals surface area contributed by atoms with Gasteiger partial charge in [-0.15, -0.1) is 0 Å². The van der Waals surface area contributed by atoms with Gasteiger partial charge in [-0.3, -0.25) is 19.9 Å². The minimum Gasteiger partial charge on any atom is -0.358 e. The van der Waals surface area contributed by atoms with E-state index < -0.39 is 11.7 Å². The number of nitroso groups, excluding NO2 is 1. The Kier molecular flexibility index (Phi) is 7.61. The third-order valence-electron chi connectivity index (χ3n) is 4.68. The van der Waals surface area contributed by atoms with Gasteiger partial charge < -0.3 is 9.47 Å². The first-order valence-corrected chi connectivity index (χ1v) is 10.0. The van der Waals surface area contributed by atoms with Gasteiger partial charge in [-0.25, -0.2) is 9.37 Å². The number of rotatable bonds is 10. The Labute approximate surface area is 188 Å². The Morgan fingerprint density at radius 3 is 2.75 bits per heavy atom. The molecule has 0 saturated carbocycles. The fourth-order valence-electron chi connectivity index (χ4n) is 3.19. The summed E-state index contributed by atoms with van der Waals surface area (Å²) in [4.78, 5) is 44.8. The van der Waals surface area contributed by atoms with Gasteiger partial charge in [0.05, 0.1) is 29.4 Å². The van der Waals surface area contributed by atoms with E-state index in [1.165, 1.54) is 16.8 Å². The van der Waals surface area contributed by atoms with Crippen molar-refractivity contribution in [3.63, 3.8) is 0 Å². The van der Waals surface area contributed by atoms with E-state index in [2.05, 4.69) is 20.5 Å². The zero-order valence-electron chi connectivity index (χ0n) is 17.2. The number of nitrogens with one attached hydrogen (secondary N) is 1. The van der Waals surface area contributed by atoms with Crippen molar-refractivity contribution >= 4 is 29.7 Å². The molecule has 2 heterocycles. The number of carbonyl (C=O) groups is 2. The summed E-state index contributed by atoms with van der Waals surface area (Å²) in [5.74, 6) is -0.822. The van der Waals surface area contributed by atoms with Crippen LogP contribution in [0.15, 0.2) is 47.8 Å². The van der Waals surface area contributed by atoms with Crippen LogP contribution in [-0.2, 0) is 11.3 Å². The van der Waals surface area contributed by atoms with Crippen LogP contribution < -0.4 is 10.2 Å². The Morgan fingerprint density at radius 1 is 1.31 bits per heavy atom. The van der Waals surface area contributed by atoms with E-state index in [9.17, 15) is 18.9 Å². The standard InChI is InChI=1S/C21H20ClFN6O3/c1-28(10-4-9-26-32)20-18(21(31)25-13-30)29(12-15-8-7-14(22)11-24-15)19(27-20)16-5-2-3-6-17(16)23/h2-3,5-8,11,13H,4,9-10,12H2,1H3,(H,25,30,31). The first-order valence-electron chi connectivity index (χ1n) is 9.67. The Balaban J connectivity index is 2.19. The molecule has 11 heteroatoms. The van der Waals surface area contributed by atoms with E-state index >= 15 is 0 Å². The largest absolute Gasteiger partial charge is 0.358 e. The van der Waals surface area contributed by atoms with E-state index in [0.717, 1.165) is 0 Å². The minimum absolute atomic E-state index is 0.0497. The van der Waals surface area contributed by atoms with Crippen molar-refractivity contribution in [2.24, 2.45) is 5.18 Å². The van der Waals surface area contributed by atoms with E-state index in [4.69, 9.17) is 11.6 Å². The average Bonchev–Trinajstić information content (AvgIpc) is 3.15. The smallest absolute Gasteiger partial charge is 0.278 e. The monoisotopic (exact) mass is 458 g/mol. The highest BCUT2D eigenvalue weighted by Crippen LogP contribution is 2.30. The van der Waals surface area contributed by atoms with Gasteiger partial charge in [0.25, 0.3) is 5.91 Å². The average molecular weight is 459 g/mol. The molecule has 0 unspecified atom stereocenters. The molecule has 3 rings (SSSR count). The number of carbonyl (C=O) groups excluding carboxylic acids is 2. The number of halogens is 2. The number of imide groups is 1. The van der Waals surface area contributed by atoms with Crippen LogP contribution in [0.3, 0.4) is 0 Å². The number of hydrogen-bond acceptors (Lipinski definition) is 7. The van der Waals surface area contributed by atoms with E-state index in [1.807, 2.05) is 0 Å². The number of anilines is 1. The van der Waals surface area contributed by atoms with Crippen LogP contribution in [0.4, 0.5) is 10.2 Å². The number of imidazole rings is 1. The zero-order valence-corrected chi connectivity index (χ0v) is 17.9. The third-order valence-corrected chi connectivity index (χ3v) is 4.91. The summed E-state index contributed by atoms with van der Waals surface area (Å²) in [5.41, 5.74) is 0.772. The topological polar surface area (TPSA) is 110 Å². The number of nitrogens with zero attached hydrogens (tertiary/aromatic N) is 5. The predicted octanol–water partition coefficient (Wildman–Crippen LogP) is 3.26. The van der Waals surface area contributed by atoms with E-state index in [0.29, 0.717) is 23.7 Å². The van der Waals surface area contributed by atoms with Crippen LogP contribution in [0.1, 0.15) is 22.6 Å². The lowest BCUT2D eigenvalue weighted by Crippen LogP contribution is -2.29. The molecule has 1 N–H and O–H groups in total. The number of benzene rings is 1. The van der Waals surface area contributed by atoms with Crippen LogP contribution in [0.25, 0.3) is 11.4 Å². The lowest BCUT2D eigenvalue weighted by molar-refractivity contribution is -0.108. The second-order valence-corrected chi connectivity index (χ2v) is 7.30. The summed E-state index contributed by atoms with van der Waals surface area (Å²) >= 11 is 5.92. The summed E-state index contributed by atoms with van der Waals surface area (Å²) in [5, 5.41) is 5.41. The summed E-state index contributed by atoms with van der Waals surface area (Å²) < 4.78 is 16.2. The molecule has 0 atom stereocenters. The Hall–Kier alpha value is -3.66. The summed E-state index contributed by atoms with van der Waals surface area (Å²) in [6.45, 7) is 0.523. The zero-order chi connectivity index (χ0) is 23.1. The Morgan fingerprint density at radius 2 is 2.09 bits per heavy atom. The molecule has 1 aromatic carbocycles. The van der Waals surface area contributed by atoms with Crippen LogP contribution in [0.5, 0.6) is 0 Å². The normalized spacial score (nSPS) is 10.6. The molecular weight excluding hydrogens is 439 g/mol. The molecule has 32 heavy (non-hydrogen) atoms. The summed E-state index contributed by atoms with van der Waals surface area (Å²) in [6.07, 6.45) is 2.15. The molecule has 166 valence electrons. The number of aromatic nitrogens is 3. The van der Waals surface area contributed by atoms with Gasteiger partial charge in [-0.2, -0.15) is 4.91 Å². The number of pyridine rings is 1. The maximum absolute atomic E-state index is 14.7. The van der Waals surface area contributed by atoms with Crippen molar-refractivity contribution in [1.82, 2.24) is 19.9 Å². The quantitative estimate of drug-likeness (QED) is 0.283. The third kappa shape index (κ3) is 5.14. The van der Waals surface area contributed by atoms with Crippen LogP contribution in [0.2, 0.25) is 5.02 Å². The molecule has 0 aliphatic carbocycles. The van der Waals surface area contributed by atoms with E-state index in [1.54, 1.807) is 42.3 Å². The summed E-state index contributed by atoms with van der Waals surface area (Å²) in [6, 6.07) is 9.36. The summed E-state index contributed by atoms with van der Waals surface area (Å²) in [7, 11) is 1.68. The number of amides is 2. The SMILES string of the molecule is CN(CCCN=O)c1nc(-c2ccccc2F)n(Cc2ccc(Cl)cn2)c1C(=O)NC=O. The molecule has 0 fully saturated rings. The van der Waals surface area contributed by atoms with Crippen molar-refractivity contribution in [3.8, 4) is 11.4 Å². The lowest BCUT2D eigenvalue weighted by atomic mass is 10.2. The molecule has 0 spiro atoms. The molecule has 0 saturated heterocycles. The van der Waals surface area contributed by atoms with Crippen LogP contribution in [0, 0.1) is 10.7 Å². The van der Waals surface area contributed by atoms with Crippen molar-refractivity contribution in [1.29, 1.82) is 0 Å². The molecule has 0 radical (unpaired) electrons. The van der Waals surface area contributed by atoms with Crippen molar-refractivity contribution in [3.05, 3.63) is 69.7 Å². The van der Waals surface area contributed by atoms with E-state index in [-0.39, 0.29) is 42.4 Å². The highest BCUT2D eigenvalue weighted by atomic mass is 35.5. The first kappa shape index (κ1) is 23.0. The minimum atomic E-state index is -0.709. The van der Waals surface area contributed by atoms with Gasteiger partial charge in [0.1, 0.15) is 11.6 Å². The van der Waals surface area contributed by atoms with Crippen LogP contribution >= 0.6 is 11.6 Å². The fraction of sp³-hybridized carbons (Fsp3) is 0.238. The highest BCUT2D eigenvalue weighted by molar-refractivity contribution is 6.30. The van der Waals surface area contributed by atoms with Gasteiger partial charge in [0, 0.05) is 19.8 Å². The second-order valence-electron chi connectivity index (χ2n) is 6.86. The second kappa shape index (κ2) is 10.6. The van der Waals surface area contributed by atoms with Crippen LogP contribution in [-0.4, -0.2) is 47.0 Å². The van der Waals surface area contributed by atoms with Gasteiger partial charge in [0.15, 0.2) is 11.5 Å². The predicted molar refractivity (Wildman–Crippen MR) is 118 cm³/mol. The van der Waals surface area contributed by atoms with Crippen molar-refractivity contribution in [2.45, 2.75) is 13.0 Å². The Bertz CT molecular complexity index is 1120. The fourth-order valence-corrected chi connectivity index (χ4v) is 3.31. The highest BCUT2D eigenvalue weighted by Gasteiger charge is 2.27. The molecule has 0 bridgehead atoms. The van der Waals surface area contributed by atoms with Crippen molar-refractivity contribution in [2.75, 3.05) is 25.0 Å².